The summed E-state index contributed by atoms with van der Waals surface area (Å²) < 4.78 is 2.12. The summed E-state index contributed by atoms with van der Waals surface area (Å²) in [6, 6.07) is 24.5. The molecule has 0 spiro atoms. The number of benzene rings is 4. The van der Waals surface area contributed by atoms with E-state index in [9.17, 15) is 9.59 Å². The molecule has 5 nitrogen and oxygen atoms in total. The van der Waals surface area contributed by atoms with Crippen molar-refractivity contribution >= 4 is 62.5 Å². The van der Waals surface area contributed by atoms with Gasteiger partial charge < -0.3 is 15.6 Å². The highest BCUT2D eigenvalue weighted by molar-refractivity contribution is 6.39. The van der Waals surface area contributed by atoms with Crippen LogP contribution in [0.5, 0.6) is 0 Å². The first-order valence-corrected chi connectivity index (χ1v) is 11.8. The fourth-order valence-corrected chi connectivity index (χ4v) is 5.20. The van der Waals surface area contributed by atoms with Crippen LogP contribution in [0.25, 0.3) is 32.9 Å². The fourth-order valence-electron chi connectivity index (χ4n) is 4.59. The van der Waals surface area contributed by atoms with Crippen molar-refractivity contribution in [2.24, 2.45) is 5.73 Å². The number of primary amides is 1. The molecule has 3 N–H and O–H groups in total. The van der Waals surface area contributed by atoms with Crippen LogP contribution in [0.15, 0.2) is 78.9 Å². The lowest BCUT2D eigenvalue weighted by Crippen LogP contribution is -2.11. The lowest BCUT2D eigenvalue weighted by atomic mass is 10.0. The predicted molar refractivity (Wildman–Crippen MR) is 143 cm³/mol. The Morgan fingerprint density at radius 1 is 0.886 bits per heavy atom. The fraction of sp³-hybridized carbons (Fsp3) is 0.0714. The van der Waals surface area contributed by atoms with Gasteiger partial charge >= 0.3 is 0 Å². The van der Waals surface area contributed by atoms with Crippen LogP contribution in [0.3, 0.4) is 0 Å². The molecule has 0 aliphatic rings. The molecule has 174 valence electrons. The van der Waals surface area contributed by atoms with Crippen LogP contribution in [-0.2, 0) is 11.3 Å². The molecule has 2 amide bonds. The van der Waals surface area contributed by atoms with Crippen LogP contribution in [0.1, 0.15) is 22.8 Å². The average Bonchev–Trinajstić information content (AvgIpc) is 3.13. The highest BCUT2D eigenvalue weighted by Crippen LogP contribution is 2.39. The first-order valence-electron chi connectivity index (χ1n) is 11.0. The van der Waals surface area contributed by atoms with E-state index in [1.165, 1.54) is 6.92 Å². The molecule has 5 aromatic rings. The van der Waals surface area contributed by atoms with Crippen molar-refractivity contribution in [1.82, 2.24) is 4.57 Å². The number of para-hydroxylation sites is 1. The van der Waals surface area contributed by atoms with Crippen LogP contribution >= 0.6 is 23.2 Å². The maximum atomic E-state index is 12.3. The summed E-state index contributed by atoms with van der Waals surface area (Å²) in [5, 5.41) is 5.67. The molecule has 0 saturated heterocycles. The van der Waals surface area contributed by atoms with E-state index < -0.39 is 5.91 Å². The first kappa shape index (κ1) is 23.0. The molecule has 0 radical (unpaired) electrons. The second-order valence-electron chi connectivity index (χ2n) is 8.32. The summed E-state index contributed by atoms with van der Waals surface area (Å²) in [5.41, 5.74) is 11.2. The maximum absolute atomic E-state index is 12.3. The van der Waals surface area contributed by atoms with Gasteiger partial charge in [0.1, 0.15) is 0 Å². The van der Waals surface area contributed by atoms with Gasteiger partial charge in [-0.25, -0.2) is 0 Å². The smallest absolute Gasteiger partial charge is 0.249 e. The predicted octanol–water partition coefficient (Wildman–Crippen LogP) is 6.87. The van der Waals surface area contributed by atoms with Gasteiger partial charge in [0.25, 0.3) is 0 Å². The third kappa shape index (κ3) is 4.14. The number of amides is 2. The molecule has 35 heavy (non-hydrogen) atoms. The van der Waals surface area contributed by atoms with E-state index >= 15 is 0 Å². The van der Waals surface area contributed by atoms with E-state index in [0.717, 1.165) is 44.2 Å². The molecule has 0 aliphatic carbocycles. The number of carbonyl (C=O) groups excluding carboxylic acids is 2. The van der Waals surface area contributed by atoms with Gasteiger partial charge in [-0.2, -0.15) is 0 Å². The minimum absolute atomic E-state index is 0.147. The quantitative estimate of drug-likeness (QED) is 0.275. The van der Waals surface area contributed by atoms with Crippen LogP contribution in [0.2, 0.25) is 10.0 Å². The summed E-state index contributed by atoms with van der Waals surface area (Å²) in [5.74, 6) is -0.641. The summed E-state index contributed by atoms with van der Waals surface area (Å²) in [7, 11) is 0. The van der Waals surface area contributed by atoms with E-state index in [-0.39, 0.29) is 5.91 Å². The number of aromatic nitrogens is 1. The van der Waals surface area contributed by atoms with Crippen LogP contribution in [-0.4, -0.2) is 16.4 Å². The van der Waals surface area contributed by atoms with Gasteiger partial charge in [0.2, 0.25) is 11.8 Å². The molecule has 0 unspecified atom stereocenters. The van der Waals surface area contributed by atoms with Crippen molar-refractivity contribution < 1.29 is 9.59 Å². The molecule has 0 aliphatic heterocycles. The third-order valence-corrected chi connectivity index (χ3v) is 6.69. The van der Waals surface area contributed by atoms with Crippen molar-refractivity contribution in [3.8, 4) is 11.1 Å². The Labute approximate surface area is 212 Å². The Kier molecular flexibility index (Phi) is 5.97. The van der Waals surface area contributed by atoms with Crippen molar-refractivity contribution in [3.05, 3.63) is 100 Å². The van der Waals surface area contributed by atoms with Crippen molar-refractivity contribution in [2.45, 2.75) is 13.5 Å². The topological polar surface area (TPSA) is 77.1 Å². The van der Waals surface area contributed by atoms with E-state index in [0.29, 0.717) is 22.2 Å². The second-order valence-corrected chi connectivity index (χ2v) is 9.13. The van der Waals surface area contributed by atoms with E-state index in [1.54, 1.807) is 18.2 Å². The Morgan fingerprint density at radius 2 is 1.60 bits per heavy atom. The summed E-state index contributed by atoms with van der Waals surface area (Å²) in [4.78, 5) is 24.1. The first-order chi connectivity index (χ1) is 16.8. The van der Waals surface area contributed by atoms with Crippen molar-refractivity contribution in [1.29, 1.82) is 0 Å². The zero-order valence-electron chi connectivity index (χ0n) is 18.8. The van der Waals surface area contributed by atoms with Crippen LogP contribution < -0.4 is 11.1 Å². The monoisotopic (exact) mass is 501 g/mol. The minimum Gasteiger partial charge on any atom is -0.366 e. The number of nitrogens with two attached hydrogens (primary N) is 1. The molecule has 4 aromatic carbocycles. The van der Waals surface area contributed by atoms with Crippen molar-refractivity contribution in [2.75, 3.05) is 5.32 Å². The Bertz CT molecular complexity index is 1620. The molecular weight excluding hydrogens is 481 g/mol. The number of anilines is 1. The van der Waals surface area contributed by atoms with Gasteiger partial charge in [0, 0.05) is 44.6 Å². The number of nitrogens with zero attached hydrogens (tertiary/aromatic N) is 1. The molecule has 0 atom stereocenters. The van der Waals surface area contributed by atoms with Gasteiger partial charge in [0.05, 0.1) is 17.6 Å². The van der Waals surface area contributed by atoms with Gasteiger partial charge in [0.15, 0.2) is 0 Å². The number of fused-ring (bicyclic) bond motifs is 3. The molecular formula is C28H21Cl2N3O2. The van der Waals surface area contributed by atoms with Gasteiger partial charge in [-0.05, 0) is 47.5 Å². The summed E-state index contributed by atoms with van der Waals surface area (Å²) in [6.07, 6.45) is 0. The molecule has 1 heterocycles. The van der Waals surface area contributed by atoms with E-state index in [2.05, 4.69) is 9.88 Å². The average molecular weight is 502 g/mol. The van der Waals surface area contributed by atoms with E-state index in [4.69, 9.17) is 28.9 Å². The van der Waals surface area contributed by atoms with Gasteiger partial charge in [-0.1, -0.05) is 65.7 Å². The highest BCUT2D eigenvalue weighted by Gasteiger charge is 2.19. The molecule has 0 fully saturated rings. The highest BCUT2D eigenvalue weighted by atomic mass is 35.5. The standard InChI is InChI=1S/C28H21Cl2N3O2/c1-16(34)32-23-10-3-2-6-18(23)15-33-24-11-4-7-20(28(31)35)27(24)19-13-12-17(14-25(19)33)26-21(29)8-5-9-22(26)30/h2-14H,15H2,1H3,(H2,31,35)(H,32,34). The molecule has 7 heteroatoms. The summed E-state index contributed by atoms with van der Waals surface area (Å²) in [6.45, 7) is 1.94. The normalized spacial score (nSPS) is 11.2. The third-order valence-electron chi connectivity index (χ3n) is 6.06. The van der Waals surface area contributed by atoms with Gasteiger partial charge in [-0.15, -0.1) is 0 Å². The SMILES string of the molecule is CC(=O)Nc1ccccc1Cn1c2cc(-c3c(Cl)cccc3Cl)ccc2c2c(C(N)=O)cccc21. The van der Waals surface area contributed by atoms with Crippen LogP contribution in [0.4, 0.5) is 5.69 Å². The zero-order chi connectivity index (χ0) is 24.7. The number of nitrogens with one attached hydrogen (secondary N) is 1. The lowest BCUT2D eigenvalue weighted by molar-refractivity contribution is -0.114. The lowest BCUT2D eigenvalue weighted by Gasteiger charge is -2.14. The number of hydrogen-bond acceptors (Lipinski definition) is 2. The Morgan fingerprint density at radius 3 is 2.31 bits per heavy atom. The number of hydrogen-bond donors (Lipinski definition) is 2. The molecule has 0 saturated carbocycles. The number of halogens is 2. The van der Waals surface area contributed by atoms with Crippen LogP contribution in [0, 0.1) is 0 Å². The van der Waals surface area contributed by atoms with E-state index in [1.807, 2.05) is 60.7 Å². The number of rotatable bonds is 5. The Hall–Kier alpha value is -3.80. The molecule has 1 aromatic heterocycles. The molecule has 5 rings (SSSR count). The second kappa shape index (κ2) is 9.10. The zero-order valence-corrected chi connectivity index (χ0v) is 20.3. The Balaban J connectivity index is 1.81. The minimum atomic E-state index is -0.494. The van der Waals surface area contributed by atoms with Gasteiger partial charge in [-0.3, -0.25) is 9.59 Å². The van der Waals surface area contributed by atoms with Crippen molar-refractivity contribution in [3.63, 3.8) is 0 Å². The maximum Gasteiger partial charge on any atom is 0.249 e. The molecule has 0 bridgehead atoms. The summed E-state index contributed by atoms with van der Waals surface area (Å²) >= 11 is 13.0. The largest absolute Gasteiger partial charge is 0.366 e. The number of carbonyl (C=O) groups is 2.